The number of hydrogen-bond acceptors (Lipinski definition) is 5. The van der Waals surface area contributed by atoms with E-state index in [4.69, 9.17) is 4.74 Å². The number of hydrogen-bond donors (Lipinski definition) is 1. The molecule has 9 heteroatoms. The van der Waals surface area contributed by atoms with Crippen LogP contribution in [0.3, 0.4) is 0 Å². The van der Waals surface area contributed by atoms with Gasteiger partial charge in [-0.25, -0.2) is 8.42 Å². The molecular weight excluding hydrogens is 598 g/mol. The van der Waals surface area contributed by atoms with Crippen LogP contribution in [0.4, 0.5) is 5.69 Å². The van der Waals surface area contributed by atoms with E-state index in [1.807, 2.05) is 88.4 Å². The van der Waals surface area contributed by atoms with Crippen LogP contribution in [0.1, 0.15) is 42.5 Å². The summed E-state index contributed by atoms with van der Waals surface area (Å²) in [6, 6.07) is 29.4. The zero-order valence-electron chi connectivity index (χ0n) is 27.1. The highest BCUT2D eigenvalue weighted by atomic mass is 32.2. The van der Waals surface area contributed by atoms with Crippen molar-refractivity contribution >= 4 is 27.5 Å². The van der Waals surface area contributed by atoms with E-state index in [-0.39, 0.29) is 29.8 Å². The predicted molar refractivity (Wildman–Crippen MR) is 182 cm³/mol. The van der Waals surface area contributed by atoms with Crippen molar-refractivity contribution in [2.75, 3.05) is 18.0 Å². The van der Waals surface area contributed by atoms with Crippen molar-refractivity contribution in [2.24, 2.45) is 0 Å². The maximum absolute atomic E-state index is 14.7. The number of methoxy groups -OCH3 is 1. The van der Waals surface area contributed by atoms with Crippen molar-refractivity contribution in [3.63, 3.8) is 0 Å². The fourth-order valence-corrected chi connectivity index (χ4v) is 6.68. The molecule has 4 aromatic carbocycles. The van der Waals surface area contributed by atoms with Crippen molar-refractivity contribution < 1.29 is 22.7 Å². The number of rotatable bonds is 14. The maximum atomic E-state index is 14.7. The minimum Gasteiger partial charge on any atom is -0.497 e. The molecule has 0 heterocycles. The smallest absolute Gasteiger partial charge is 0.264 e. The Balaban J connectivity index is 1.84. The number of benzene rings is 4. The standard InChI is InChI=1S/C37H43N3O5S/c1-6-29(4)38-37(42)35(24-30-14-9-7-10-15-30)39(25-31-16-13-17-32(23-31)45-5)36(41)26-40(34-22-27(2)20-21-28(34)3)46(43,44)33-18-11-8-12-19-33/h7-23,29,35H,6,24-26H2,1-5H3,(H,38,42)/t29-,35-/m1/s1. The fraction of sp³-hybridized carbons (Fsp3) is 0.297. The number of carbonyl (C=O) groups is 2. The lowest BCUT2D eigenvalue weighted by molar-refractivity contribution is -0.140. The first-order chi connectivity index (χ1) is 22.0. The van der Waals surface area contributed by atoms with Gasteiger partial charge in [-0.15, -0.1) is 0 Å². The molecule has 0 aliphatic rings. The second kappa shape index (κ2) is 15.6. The Morgan fingerprint density at radius 3 is 2.15 bits per heavy atom. The molecule has 4 rings (SSSR count). The number of anilines is 1. The average Bonchev–Trinajstić information content (AvgIpc) is 3.07. The number of nitrogens with zero attached hydrogens (tertiary/aromatic N) is 2. The van der Waals surface area contributed by atoms with Crippen molar-refractivity contribution in [1.29, 1.82) is 0 Å². The Labute approximate surface area is 273 Å². The topological polar surface area (TPSA) is 96.0 Å². The first-order valence-electron chi connectivity index (χ1n) is 15.4. The normalized spacial score (nSPS) is 12.5. The van der Waals surface area contributed by atoms with E-state index in [1.165, 1.54) is 17.0 Å². The quantitative estimate of drug-likeness (QED) is 0.181. The van der Waals surface area contributed by atoms with Crippen LogP contribution in [0.15, 0.2) is 108 Å². The van der Waals surface area contributed by atoms with Gasteiger partial charge in [-0.3, -0.25) is 13.9 Å². The molecule has 0 fully saturated rings. The second-order valence-electron chi connectivity index (χ2n) is 11.5. The molecule has 0 bridgehead atoms. The summed E-state index contributed by atoms with van der Waals surface area (Å²) in [5.74, 6) is -0.209. The summed E-state index contributed by atoms with van der Waals surface area (Å²) in [6.45, 7) is 7.15. The van der Waals surface area contributed by atoms with E-state index in [0.29, 0.717) is 23.4 Å². The van der Waals surface area contributed by atoms with E-state index in [9.17, 15) is 18.0 Å². The zero-order chi connectivity index (χ0) is 33.3. The largest absolute Gasteiger partial charge is 0.497 e. The van der Waals surface area contributed by atoms with Crippen LogP contribution in [0.5, 0.6) is 5.75 Å². The molecular formula is C37H43N3O5S. The molecule has 4 aromatic rings. The van der Waals surface area contributed by atoms with Gasteiger partial charge in [0.25, 0.3) is 10.0 Å². The van der Waals surface area contributed by atoms with E-state index in [0.717, 1.165) is 21.0 Å². The molecule has 1 N–H and O–H groups in total. The molecule has 2 atom stereocenters. The third kappa shape index (κ3) is 8.54. The summed E-state index contributed by atoms with van der Waals surface area (Å²) in [5.41, 5.74) is 3.57. The Bertz CT molecular complexity index is 1730. The number of sulfonamides is 1. The van der Waals surface area contributed by atoms with Gasteiger partial charge in [-0.05, 0) is 79.8 Å². The maximum Gasteiger partial charge on any atom is 0.264 e. The second-order valence-corrected chi connectivity index (χ2v) is 13.4. The lowest BCUT2D eigenvalue weighted by Crippen LogP contribution is -2.54. The van der Waals surface area contributed by atoms with Crippen molar-refractivity contribution in [3.05, 3.63) is 125 Å². The first kappa shape index (κ1) is 34.2. The molecule has 0 unspecified atom stereocenters. The van der Waals surface area contributed by atoms with Crippen LogP contribution in [0, 0.1) is 13.8 Å². The number of carbonyl (C=O) groups excluding carboxylic acids is 2. The van der Waals surface area contributed by atoms with E-state index >= 15 is 0 Å². The van der Waals surface area contributed by atoms with Gasteiger partial charge in [0.2, 0.25) is 11.8 Å². The third-order valence-electron chi connectivity index (χ3n) is 8.00. The van der Waals surface area contributed by atoms with Crippen LogP contribution >= 0.6 is 0 Å². The highest BCUT2D eigenvalue weighted by Crippen LogP contribution is 2.29. The summed E-state index contributed by atoms with van der Waals surface area (Å²) in [5, 5.41) is 3.06. The summed E-state index contributed by atoms with van der Waals surface area (Å²) < 4.78 is 35.1. The Kier molecular flexibility index (Phi) is 11.6. The Morgan fingerprint density at radius 2 is 1.50 bits per heavy atom. The van der Waals surface area contributed by atoms with Gasteiger partial charge in [0.1, 0.15) is 18.3 Å². The van der Waals surface area contributed by atoms with Gasteiger partial charge in [0.05, 0.1) is 17.7 Å². The van der Waals surface area contributed by atoms with E-state index < -0.39 is 28.5 Å². The van der Waals surface area contributed by atoms with E-state index in [2.05, 4.69) is 5.32 Å². The predicted octanol–water partition coefficient (Wildman–Crippen LogP) is 6.06. The SMILES string of the molecule is CC[C@@H](C)NC(=O)[C@@H](Cc1ccccc1)N(Cc1cccc(OC)c1)C(=O)CN(c1cc(C)ccc1C)S(=O)(=O)c1ccccc1. The number of amides is 2. The van der Waals surface area contributed by atoms with Crippen molar-refractivity contribution in [3.8, 4) is 5.75 Å². The lowest BCUT2D eigenvalue weighted by Gasteiger charge is -2.34. The molecule has 242 valence electrons. The first-order valence-corrected chi connectivity index (χ1v) is 16.9. The average molecular weight is 642 g/mol. The molecule has 0 aliphatic carbocycles. The van der Waals surface area contributed by atoms with Crippen LogP contribution in [-0.2, 0) is 32.6 Å². The number of ether oxygens (including phenoxy) is 1. The summed E-state index contributed by atoms with van der Waals surface area (Å²) in [7, 11) is -2.60. The molecule has 0 radical (unpaired) electrons. The summed E-state index contributed by atoms with van der Waals surface area (Å²) in [4.78, 5) is 30.2. The zero-order valence-corrected chi connectivity index (χ0v) is 28.0. The van der Waals surface area contributed by atoms with Gasteiger partial charge in [0.15, 0.2) is 0 Å². The van der Waals surface area contributed by atoms with Crippen LogP contribution < -0.4 is 14.4 Å². The van der Waals surface area contributed by atoms with Gasteiger partial charge in [-0.2, -0.15) is 0 Å². The minimum absolute atomic E-state index is 0.0630. The molecule has 0 spiro atoms. The summed E-state index contributed by atoms with van der Waals surface area (Å²) in [6.07, 6.45) is 0.955. The van der Waals surface area contributed by atoms with Gasteiger partial charge < -0.3 is 15.0 Å². The monoisotopic (exact) mass is 641 g/mol. The fourth-order valence-electron chi connectivity index (χ4n) is 5.18. The Morgan fingerprint density at radius 1 is 0.848 bits per heavy atom. The molecule has 0 aliphatic heterocycles. The minimum atomic E-state index is -4.17. The number of aryl methyl sites for hydroxylation is 2. The molecule has 8 nitrogen and oxygen atoms in total. The summed E-state index contributed by atoms with van der Waals surface area (Å²) >= 11 is 0. The van der Waals surface area contributed by atoms with Crippen molar-refractivity contribution in [1.82, 2.24) is 10.2 Å². The highest BCUT2D eigenvalue weighted by Gasteiger charge is 2.35. The molecule has 0 saturated heterocycles. The molecule has 0 saturated carbocycles. The van der Waals surface area contributed by atoms with Gasteiger partial charge >= 0.3 is 0 Å². The lowest BCUT2D eigenvalue weighted by atomic mass is 10.0. The highest BCUT2D eigenvalue weighted by molar-refractivity contribution is 7.92. The van der Waals surface area contributed by atoms with Crippen LogP contribution in [0.25, 0.3) is 0 Å². The van der Waals surface area contributed by atoms with Crippen molar-refractivity contribution in [2.45, 2.75) is 64.1 Å². The van der Waals surface area contributed by atoms with Gasteiger partial charge in [0, 0.05) is 19.0 Å². The molecule has 2 amide bonds. The third-order valence-corrected chi connectivity index (χ3v) is 9.78. The number of nitrogens with one attached hydrogen (secondary N) is 1. The van der Waals surface area contributed by atoms with Gasteiger partial charge in [-0.1, -0.05) is 79.7 Å². The van der Waals surface area contributed by atoms with Crippen LogP contribution in [-0.4, -0.2) is 50.9 Å². The van der Waals surface area contributed by atoms with Crippen LogP contribution in [0.2, 0.25) is 0 Å². The Hall–Kier alpha value is -4.63. The molecule has 46 heavy (non-hydrogen) atoms. The van der Waals surface area contributed by atoms with E-state index in [1.54, 1.807) is 37.4 Å². The molecule has 0 aromatic heterocycles.